The SMILES string of the molecule is CSCCN(C)c1ccc(C(=O)N(C)C)cc1N. The fourth-order valence-electron chi connectivity index (χ4n) is 1.64. The maximum atomic E-state index is 11.8. The van der Waals surface area contributed by atoms with E-state index >= 15 is 0 Å². The highest BCUT2D eigenvalue weighted by Crippen LogP contribution is 2.24. The summed E-state index contributed by atoms with van der Waals surface area (Å²) in [7, 11) is 5.48. The molecule has 0 radical (unpaired) electrons. The zero-order chi connectivity index (χ0) is 13.7. The number of carbonyl (C=O) groups is 1. The lowest BCUT2D eigenvalue weighted by Crippen LogP contribution is -2.23. The zero-order valence-electron chi connectivity index (χ0n) is 11.4. The van der Waals surface area contributed by atoms with Gasteiger partial charge in [-0.25, -0.2) is 0 Å². The van der Waals surface area contributed by atoms with Crippen LogP contribution in [0.1, 0.15) is 10.4 Å². The van der Waals surface area contributed by atoms with Gasteiger partial charge >= 0.3 is 0 Å². The number of hydrogen-bond donors (Lipinski definition) is 1. The Morgan fingerprint density at radius 3 is 2.50 bits per heavy atom. The van der Waals surface area contributed by atoms with E-state index in [1.54, 1.807) is 36.8 Å². The van der Waals surface area contributed by atoms with Crippen molar-refractivity contribution in [2.75, 3.05) is 50.3 Å². The summed E-state index contributed by atoms with van der Waals surface area (Å²) in [6, 6.07) is 5.48. The van der Waals surface area contributed by atoms with E-state index in [4.69, 9.17) is 5.73 Å². The smallest absolute Gasteiger partial charge is 0.253 e. The number of nitrogen functional groups attached to an aromatic ring is 1. The highest BCUT2D eigenvalue weighted by molar-refractivity contribution is 7.98. The van der Waals surface area contributed by atoms with Gasteiger partial charge in [-0.2, -0.15) is 11.8 Å². The summed E-state index contributed by atoms with van der Waals surface area (Å²) >= 11 is 1.80. The van der Waals surface area contributed by atoms with Gasteiger partial charge in [-0.15, -0.1) is 0 Å². The van der Waals surface area contributed by atoms with Crippen LogP contribution >= 0.6 is 11.8 Å². The van der Waals surface area contributed by atoms with E-state index in [1.165, 1.54) is 0 Å². The molecule has 5 heteroatoms. The molecule has 0 atom stereocenters. The summed E-state index contributed by atoms with van der Waals surface area (Å²) in [4.78, 5) is 15.5. The van der Waals surface area contributed by atoms with E-state index in [0.717, 1.165) is 18.0 Å². The molecule has 0 unspecified atom stereocenters. The van der Waals surface area contributed by atoms with Gasteiger partial charge in [-0.3, -0.25) is 4.79 Å². The Morgan fingerprint density at radius 1 is 1.33 bits per heavy atom. The highest BCUT2D eigenvalue weighted by Gasteiger charge is 2.11. The summed E-state index contributed by atoms with van der Waals surface area (Å²) in [5.74, 6) is 1.02. The first-order valence-electron chi connectivity index (χ1n) is 5.78. The number of nitrogens with zero attached hydrogens (tertiary/aromatic N) is 2. The van der Waals surface area contributed by atoms with Crippen LogP contribution < -0.4 is 10.6 Å². The monoisotopic (exact) mass is 267 g/mol. The van der Waals surface area contributed by atoms with Crippen LogP contribution in [0.15, 0.2) is 18.2 Å². The lowest BCUT2D eigenvalue weighted by molar-refractivity contribution is 0.0827. The van der Waals surface area contributed by atoms with E-state index in [2.05, 4.69) is 11.2 Å². The minimum atomic E-state index is -0.0278. The largest absolute Gasteiger partial charge is 0.397 e. The van der Waals surface area contributed by atoms with Gasteiger partial charge in [0.25, 0.3) is 5.91 Å². The van der Waals surface area contributed by atoms with Crippen molar-refractivity contribution in [1.82, 2.24) is 4.90 Å². The van der Waals surface area contributed by atoms with Gasteiger partial charge in [-0.1, -0.05) is 0 Å². The van der Waals surface area contributed by atoms with Crippen LogP contribution in [0, 0.1) is 0 Å². The molecule has 0 bridgehead atoms. The van der Waals surface area contributed by atoms with Crippen LogP contribution in [0.25, 0.3) is 0 Å². The molecule has 0 spiro atoms. The lowest BCUT2D eigenvalue weighted by Gasteiger charge is -2.21. The summed E-state index contributed by atoms with van der Waals surface area (Å²) in [5, 5.41) is 0. The van der Waals surface area contributed by atoms with E-state index in [-0.39, 0.29) is 5.91 Å². The van der Waals surface area contributed by atoms with Gasteiger partial charge in [0.15, 0.2) is 0 Å². The fraction of sp³-hybridized carbons (Fsp3) is 0.462. The second-order valence-electron chi connectivity index (χ2n) is 4.39. The second kappa shape index (κ2) is 6.54. The first-order valence-corrected chi connectivity index (χ1v) is 7.18. The molecule has 1 aromatic carbocycles. The number of benzene rings is 1. The van der Waals surface area contributed by atoms with E-state index in [0.29, 0.717) is 11.3 Å². The molecule has 1 rings (SSSR count). The van der Waals surface area contributed by atoms with Crippen LogP contribution in [0.3, 0.4) is 0 Å². The van der Waals surface area contributed by atoms with Crippen molar-refractivity contribution in [3.8, 4) is 0 Å². The molecule has 0 heterocycles. The third-order valence-electron chi connectivity index (χ3n) is 2.72. The predicted octanol–water partition coefficient (Wildman–Crippen LogP) is 1.77. The Hall–Kier alpha value is -1.36. The molecule has 0 saturated heterocycles. The van der Waals surface area contributed by atoms with Crippen molar-refractivity contribution < 1.29 is 4.79 Å². The van der Waals surface area contributed by atoms with Crippen LogP contribution in [0.4, 0.5) is 11.4 Å². The van der Waals surface area contributed by atoms with E-state index in [9.17, 15) is 4.79 Å². The Balaban J connectivity index is 2.89. The van der Waals surface area contributed by atoms with Crippen LogP contribution in [-0.2, 0) is 0 Å². The number of carbonyl (C=O) groups excluding carboxylic acids is 1. The van der Waals surface area contributed by atoms with E-state index < -0.39 is 0 Å². The molecule has 2 N–H and O–H groups in total. The molecule has 18 heavy (non-hydrogen) atoms. The Bertz CT molecular complexity index is 421. The quantitative estimate of drug-likeness (QED) is 0.826. The molecular formula is C13H21N3OS. The lowest BCUT2D eigenvalue weighted by atomic mass is 10.1. The van der Waals surface area contributed by atoms with Crippen LogP contribution in [0.2, 0.25) is 0 Å². The molecule has 100 valence electrons. The second-order valence-corrected chi connectivity index (χ2v) is 5.37. The van der Waals surface area contributed by atoms with Crippen molar-refractivity contribution in [3.05, 3.63) is 23.8 Å². The van der Waals surface area contributed by atoms with Gasteiger partial charge in [0.1, 0.15) is 0 Å². The van der Waals surface area contributed by atoms with Crippen LogP contribution in [0.5, 0.6) is 0 Å². The van der Waals surface area contributed by atoms with Crippen LogP contribution in [-0.4, -0.2) is 50.5 Å². The van der Waals surface area contributed by atoms with Crippen molar-refractivity contribution >= 4 is 29.0 Å². The zero-order valence-corrected chi connectivity index (χ0v) is 12.3. The fourth-order valence-corrected chi connectivity index (χ4v) is 2.10. The Morgan fingerprint density at radius 2 is 2.00 bits per heavy atom. The standard InChI is InChI=1S/C13H21N3OS/c1-15(2)13(17)10-5-6-12(11(14)9-10)16(3)7-8-18-4/h5-6,9H,7-8,14H2,1-4H3. The summed E-state index contributed by atoms with van der Waals surface area (Å²) < 4.78 is 0. The van der Waals surface area contributed by atoms with Crippen molar-refractivity contribution in [2.45, 2.75) is 0 Å². The van der Waals surface area contributed by atoms with Gasteiger partial charge in [0.2, 0.25) is 0 Å². The topological polar surface area (TPSA) is 49.6 Å². The molecule has 0 aromatic heterocycles. The average molecular weight is 267 g/mol. The molecular weight excluding hydrogens is 246 g/mol. The molecule has 1 amide bonds. The molecule has 0 aliphatic heterocycles. The molecule has 1 aromatic rings. The number of amides is 1. The van der Waals surface area contributed by atoms with Crippen molar-refractivity contribution in [3.63, 3.8) is 0 Å². The first-order chi connectivity index (χ1) is 8.47. The first kappa shape index (κ1) is 14.7. The Labute approximate surface area is 113 Å². The number of anilines is 2. The Kier molecular flexibility index (Phi) is 5.34. The minimum Gasteiger partial charge on any atom is -0.397 e. The van der Waals surface area contributed by atoms with Crippen molar-refractivity contribution in [1.29, 1.82) is 0 Å². The molecule has 0 fully saturated rings. The number of hydrogen-bond acceptors (Lipinski definition) is 4. The molecule has 0 aliphatic carbocycles. The summed E-state index contributed by atoms with van der Waals surface area (Å²) in [6.45, 7) is 0.937. The number of rotatable bonds is 5. The predicted molar refractivity (Wildman–Crippen MR) is 80.5 cm³/mol. The van der Waals surface area contributed by atoms with Gasteiger partial charge in [0.05, 0.1) is 11.4 Å². The maximum absolute atomic E-state index is 11.8. The van der Waals surface area contributed by atoms with Gasteiger partial charge in [-0.05, 0) is 24.5 Å². The number of nitrogens with two attached hydrogens (primary N) is 1. The summed E-state index contributed by atoms with van der Waals surface area (Å²) in [5.41, 5.74) is 8.25. The summed E-state index contributed by atoms with van der Waals surface area (Å²) in [6.07, 6.45) is 2.08. The highest BCUT2D eigenvalue weighted by atomic mass is 32.2. The van der Waals surface area contributed by atoms with Gasteiger partial charge in [0, 0.05) is 39.0 Å². The average Bonchev–Trinajstić information content (AvgIpc) is 2.34. The van der Waals surface area contributed by atoms with E-state index in [1.807, 2.05) is 19.2 Å². The molecule has 0 saturated carbocycles. The normalized spacial score (nSPS) is 10.2. The number of thioether (sulfide) groups is 1. The third-order valence-corrected chi connectivity index (χ3v) is 3.31. The minimum absolute atomic E-state index is 0.0278. The molecule has 4 nitrogen and oxygen atoms in total. The maximum Gasteiger partial charge on any atom is 0.253 e. The third kappa shape index (κ3) is 3.57. The molecule has 0 aliphatic rings. The van der Waals surface area contributed by atoms with Crippen molar-refractivity contribution in [2.24, 2.45) is 0 Å². The van der Waals surface area contributed by atoms with Gasteiger partial charge < -0.3 is 15.5 Å².